The van der Waals surface area contributed by atoms with E-state index in [4.69, 9.17) is 4.98 Å². The number of para-hydroxylation sites is 1. The van der Waals surface area contributed by atoms with Crippen molar-refractivity contribution in [1.29, 1.82) is 0 Å². The Bertz CT molecular complexity index is 687. The van der Waals surface area contributed by atoms with Gasteiger partial charge in [-0.25, -0.2) is 4.79 Å². The molecule has 112 valence electrons. The summed E-state index contributed by atoms with van der Waals surface area (Å²) in [5, 5.41) is 10.5. The fraction of sp³-hybridized carbons (Fsp3) is 0.444. The first-order valence-corrected chi connectivity index (χ1v) is 7.48. The van der Waals surface area contributed by atoms with Gasteiger partial charge in [-0.3, -0.25) is 4.98 Å². The van der Waals surface area contributed by atoms with Crippen molar-refractivity contribution in [3.05, 3.63) is 40.6 Å². The Morgan fingerprint density at radius 3 is 2.43 bits per heavy atom. The molecule has 0 fully saturated rings. The summed E-state index contributed by atoms with van der Waals surface area (Å²) in [6.07, 6.45) is 0.804. The number of carbonyl (C=O) groups is 1. The van der Waals surface area contributed by atoms with Crippen molar-refractivity contribution < 1.29 is 9.90 Å². The quantitative estimate of drug-likeness (QED) is 0.895. The van der Waals surface area contributed by atoms with E-state index < -0.39 is 5.97 Å². The highest BCUT2D eigenvalue weighted by atomic mass is 16.4. The summed E-state index contributed by atoms with van der Waals surface area (Å²) in [5.41, 5.74) is 4.08. The largest absolute Gasteiger partial charge is 0.478 e. The number of carboxylic acids is 1. The minimum absolute atomic E-state index is 0.141. The number of fused-ring (bicyclic) bond motifs is 1. The molecular formula is C18H23NO2. The molecule has 0 unspecified atom stereocenters. The molecule has 3 heteroatoms. The summed E-state index contributed by atoms with van der Waals surface area (Å²) in [7, 11) is 0. The van der Waals surface area contributed by atoms with Gasteiger partial charge in [-0.05, 0) is 36.3 Å². The monoisotopic (exact) mass is 285 g/mol. The Balaban J connectivity index is 2.91. The van der Waals surface area contributed by atoms with E-state index in [-0.39, 0.29) is 5.92 Å². The molecule has 0 saturated heterocycles. The molecule has 0 aliphatic rings. The second-order valence-corrected chi connectivity index (χ2v) is 6.38. The lowest BCUT2D eigenvalue weighted by atomic mass is 9.89. The van der Waals surface area contributed by atoms with Gasteiger partial charge in [0.25, 0.3) is 0 Å². The number of hydrogen-bond acceptors (Lipinski definition) is 2. The number of hydrogen-bond donors (Lipinski definition) is 1. The molecule has 2 aromatic rings. The second kappa shape index (κ2) is 5.84. The highest BCUT2D eigenvalue weighted by Gasteiger charge is 2.23. The molecule has 1 aromatic heterocycles. The van der Waals surface area contributed by atoms with Crippen LogP contribution in [0.15, 0.2) is 18.2 Å². The van der Waals surface area contributed by atoms with Crippen LogP contribution in [0.4, 0.5) is 0 Å². The molecule has 0 aliphatic carbocycles. The average Bonchev–Trinajstić information content (AvgIpc) is 2.37. The Kier molecular flexibility index (Phi) is 4.31. The number of aromatic carboxylic acids is 1. The normalized spacial score (nSPS) is 11.6. The van der Waals surface area contributed by atoms with Crippen molar-refractivity contribution in [3.8, 4) is 0 Å². The zero-order chi connectivity index (χ0) is 15.7. The SMILES string of the molecule is Cc1cccc2c(C(=O)O)c(C(C)C)c(CC(C)C)nc12. The molecule has 21 heavy (non-hydrogen) atoms. The Labute approximate surface area is 126 Å². The second-order valence-electron chi connectivity index (χ2n) is 6.38. The number of benzene rings is 1. The number of rotatable bonds is 4. The summed E-state index contributed by atoms with van der Waals surface area (Å²) in [4.78, 5) is 16.7. The molecule has 0 saturated carbocycles. The van der Waals surface area contributed by atoms with E-state index in [0.717, 1.165) is 34.1 Å². The maximum atomic E-state index is 11.9. The zero-order valence-electron chi connectivity index (χ0n) is 13.4. The van der Waals surface area contributed by atoms with E-state index in [1.165, 1.54) is 0 Å². The Morgan fingerprint density at radius 2 is 1.90 bits per heavy atom. The highest BCUT2D eigenvalue weighted by molar-refractivity contribution is 6.05. The molecule has 0 spiro atoms. The highest BCUT2D eigenvalue weighted by Crippen LogP contribution is 2.31. The van der Waals surface area contributed by atoms with Crippen molar-refractivity contribution in [2.45, 2.75) is 47.0 Å². The molecular weight excluding hydrogens is 262 g/mol. The fourth-order valence-electron chi connectivity index (χ4n) is 2.89. The minimum Gasteiger partial charge on any atom is -0.478 e. The maximum Gasteiger partial charge on any atom is 0.336 e. The topological polar surface area (TPSA) is 50.2 Å². The van der Waals surface area contributed by atoms with E-state index >= 15 is 0 Å². The molecule has 2 rings (SSSR count). The first-order chi connectivity index (χ1) is 9.82. The molecule has 0 amide bonds. The van der Waals surface area contributed by atoms with Gasteiger partial charge in [0.1, 0.15) is 0 Å². The van der Waals surface area contributed by atoms with Gasteiger partial charge in [-0.1, -0.05) is 45.9 Å². The zero-order valence-corrected chi connectivity index (χ0v) is 13.4. The molecule has 1 heterocycles. The van der Waals surface area contributed by atoms with Gasteiger partial charge in [0.2, 0.25) is 0 Å². The molecule has 0 atom stereocenters. The van der Waals surface area contributed by atoms with E-state index in [0.29, 0.717) is 11.5 Å². The number of pyridine rings is 1. The first kappa shape index (κ1) is 15.5. The molecule has 0 aliphatic heterocycles. The van der Waals surface area contributed by atoms with Crippen molar-refractivity contribution >= 4 is 16.9 Å². The maximum absolute atomic E-state index is 11.9. The average molecular weight is 285 g/mol. The van der Waals surface area contributed by atoms with Crippen LogP contribution in [0.1, 0.15) is 60.8 Å². The third-order valence-corrected chi connectivity index (χ3v) is 3.73. The molecule has 1 N–H and O–H groups in total. The van der Waals surface area contributed by atoms with Crippen LogP contribution in [0.2, 0.25) is 0 Å². The van der Waals surface area contributed by atoms with Gasteiger partial charge in [0.05, 0.1) is 11.1 Å². The van der Waals surface area contributed by atoms with Gasteiger partial charge < -0.3 is 5.11 Å². The lowest BCUT2D eigenvalue weighted by Gasteiger charge is -2.19. The van der Waals surface area contributed by atoms with Gasteiger partial charge in [0.15, 0.2) is 0 Å². The van der Waals surface area contributed by atoms with Crippen molar-refractivity contribution in [3.63, 3.8) is 0 Å². The lowest BCUT2D eigenvalue weighted by molar-refractivity contribution is 0.0697. The standard InChI is InChI=1S/C18H23NO2/c1-10(2)9-14-15(11(3)4)16(18(20)21)13-8-6-7-12(5)17(13)19-14/h6-8,10-11H,9H2,1-5H3,(H,20,21). The third kappa shape index (κ3) is 2.92. The summed E-state index contributed by atoms with van der Waals surface area (Å²) in [6.45, 7) is 10.3. The molecule has 0 radical (unpaired) electrons. The fourth-order valence-corrected chi connectivity index (χ4v) is 2.89. The van der Waals surface area contributed by atoms with E-state index in [1.807, 2.05) is 39.0 Å². The summed E-state index contributed by atoms with van der Waals surface area (Å²) >= 11 is 0. The molecule has 0 bridgehead atoms. The van der Waals surface area contributed by atoms with Crippen LogP contribution in [0.3, 0.4) is 0 Å². The third-order valence-electron chi connectivity index (χ3n) is 3.73. The van der Waals surface area contributed by atoms with Crippen molar-refractivity contribution in [2.75, 3.05) is 0 Å². The summed E-state index contributed by atoms with van der Waals surface area (Å²) in [5.74, 6) is -0.276. The minimum atomic E-state index is -0.860. The summed E-state index contributed by atoms with van der Waals surface area (Å²) in [6, 6.07) is 5.75. The van der Waals surface area contributed by atoms with Gasteiger partial charge >= 0.3 is 5.97 Å². The Morgan fingerprint density at radius 1 is 1.24 bits per heavy atom. The van der Waals surface area contributed by atoms with Crippen LogP contribution in [0.5, 0.6) is 0 Å². The molecule has 3 nitrogen and oxygen atoms in total. The van der Waals surface area contributed by atoms with Crippen molar-refractivity contribution in [1.82, 2.24) is 4.98 Å². The van der Waals surface area contributed by atoms with Gasteiger partial charge in [-0.15, -0.1) is 0 Å². The van der Waals surface area contributed by atoms with Crippen LogP contribution < -0.4 is 0 Å². The van der Waals surface area contributed by atoms with Crippen LogP contribution in [0, 0.1) is 12.8 Å². The Hall–Kier alpha value is -1.90. The predicted octanol–water partition coefficient (Wildman–Crippen LogP) is 4.56. The number of nitrogens with zero attached hydrogens (tertiary/aromatic N) is 1. The number of aryl methyl sites for hydroxylation is 1. The van der Waals surface area contributed by atoms with E-state index in [1.54, 1.807) is 0 Å². The van der Waals surface area contributed by atoms with E-state index in [2.05, 4.69) is 13.8 Å². The summed E-state index contributed by atoms with van der Waals surface area (Å²) < 4.78 is 0. The number of aromatic nitrogens is 1. The smallest absolute Gasteiger partial charge is 0.336 e. The van der Waals surface area contributed by atoms with Gasteiger partial charge in [-0.2, -0.15) is 0 Å². The first-order valence-electron chi connectivity index (χ1n) is 7.48. The van der Waals surface area contributed by atoms with Crippen LogP contribution in [-0.4, -0.2) is 16.1 Å². The van der Waals surface area contributed by atoms with Gasteiger partial charge in [0, 0.05) is 11.1 Å². The lowest BCUT2D eigenvalue weighted by Crippen LogP contribution is -2.13. The predicted molar refractivity (Wildman–Crippen MR) is 86.1 cm³/mol. The van der Waals surface area contributed by atoms with Crippen LogP contribution in [-0.2, 0) is 6.42 Å². The van der Waals surface area contributed by atoms with Crippen LogP contribution in [0.25, 0.3) is 10.9 Å². The van der Waals surface area contributed by atoms with E-state index in [9.17, 15) is 9.90 Å². The van der Waals surface area contributed by atoms with Crippen LogP contribution >= 0.6 is 0 Å². The number of carboxylic acid groups (broad SMARTS) is 1. The van der Waals surface area contributed by atoms with Crippen molar-refractivity contribution in [2.24, 2.45) is 5.92 Å². The molecule has 1 aromatic carbocycles.